The van der Waals surface area contributed by atoms with Crippen LogP contribution >= 0.6 is 19.2 Å². The van der Waals surface area contributed by atoms with E-state index in [9.17, 15) is 19.5 Å². The fourth-order valence-corrected chi connectivity index (χ4v) is 5.31. The second-order valence-corrected chi connectivity index (χ2v) is 10.7. The predicted octanol–water partition coefficient (Wildman–Crippen LogP) is 2.65. The van der Waals surface area contributed by atoms with Gasteiger partial charge in [0.25, 0.3) is 6.01 Å². The third-order valence-corrected chi connectivity index (χ3v) is 7.60. The largest absolute Gasteiger partial charge is 0.456 e. The van der Waals surface area contributed by atoms with Crippen LogP contribution < -0.4 is 10.0 Å². The zero-order valence-electron chi connectivity index (χ0n) is 18.6. The van der Waals surface area contributed by atoms with Crippen molar-refractivity contribution in [2.24, 2.45) is 0 Å². The van der Waals surface area contributed by atoms with Gasteiger partial charge in [0.1, 0.15) is 18.3 Å². The summed E-state index contributed by atoms with van der Waals surface area (Å²) in [5.41, 5.74) is 4.08. The number of aromatic amines is 1. The van der Waals surface area contributed by atoms with E-state index in [1.807, 2.05) is 24.3 Å². The van der Waals surface area contributed by atoms with E-state index in [-0.39, 0.29) is 30.6 Å². The summed E-state index contributed by atoms with van der Waals surface area (Å²) < 4.78 is 28.5. The average Bonchev–Trinajstić information content (AvgIpc) is 3.55. The van der Waals surface area contributed by atoms with Crippen molar-refractivity contribution in [1.29, 1.82) is 0 Å². The maximum absolute atomic E-state index is 11.4. The molecular weight excluding hydrogens is 509 g/mol. The first-order valence-electron chi connectivity index (χ1n) is 11.2. The Hall–Kier alpha value is -2.82. The molecule has 0 saturated carbocycles. The zero-order chi connectivity index (χ0) is 25.0. The second kappa shape index (κ2) is 8.93. The van der Waals surface area contributed by atoms with Gasteiger partial charge in [-0.1, -0.05) is 48.0 Å². The minimum Gasteiger partial charge on any atom is -0.456 e. The van der Waals surface area contributed by atoms with Gasteiger partial charge in [0.15, 0.2) is 11.8 Å². The standard InChI is InChI=1S/C24H21ClN3O7P/c25-16-9-17-23(28-24(26-17)35-19-11-34-21-18(29)10-33-22(19)21)27-20(16)14-3-1-12(2-4-14)13-5-7-15(8-6-13)36(30,31)32/h1-9,18-19,21-22,29H,10-11H2,(H,26,27,28)(H2,30,31,32)/t18-,19?,21-,22-/m1/s1. The molecule has 0 amide bonds. The summed E-state index contributed by atoms with van der Waals surface area (Å²) in [4.78, 5) is 30.7. The van der Waals surface area contributed by atoms with Crippen molar-refractivity contribution in [3.05, 3.63) is 59.6 Å². The van der Waals surface area contributed by atoms with Gasteiger partial charge in [-0.15, -0.1) is 0 Å². The number of imidazole rings is 1. The smallest absolute Gasteiger partial charge is 0.356 e. The molecule has 2 saturated heterocycles. The number of hydrogen-bond donors (Lipinski definition) is 4. The molecule has 36 heavy (non-hydrogen) atoms. The summed E-state index contributed by atoms with van der Waals surface area (Å²) in [6, 6.07) is 15.7. The van der Waals surface area contributed by atoms with E-state index in [4.69, 9.17) is 25.8 Å². The molecule has 0 radical (unpaired) electrons. The molecule has 186 valence electrons. The van der Waals surface area contributed by atoms with Crippen LogP contribution in [0, 0.1) is 0 Å². The minimum atomic E-state index is -4.28. The number of rotatable bonds is 5. The highest BCUT2D eigenvalue weighted by atomic mass is 35.5. The van der Waals surface area contributed by atoms with Crippen LogP contribution in [0.2, 0.25) is 5.02 Å². The third-order valence-electron chi connectivity index (χ3n) is 6.35. The molecule has 2 fully saturated rings. The maximum atomic E-state index is 11.4. The van der Waals surface area contributed by atoms with Crippen LogP contribution in [-0.2, 0) is 14.0 Å². The number of aliphatic hydroxyl groups excluding tert-OH is 1. The van der Waals surface area contributed by atoms with Crippen molar-refractivity contribution >= 4 is 35.7 Å². The van der Waals surface area contributed by atoms with E-state index in [1.165, 1.54) is 12.1 Å². The SMILES string of the molecule is O=P(O)(O)c1ccc(-c2ccc(-c3nc4nc(OC5CO[C@@H]6[C@H](O)CO[C@H]56)[nH]c4cc3Cl)cc2)cc1. The van der Waals surface area contributed by atoms with Crippen molar-refractivity contribution in [3.63, 3.8) is 0 Å². The molecule has 0 spiro atoms. The molecule has 6 rings (SSSR count). The van der Waals surface area contributed by atoms with Crippen molar-refractivity contribution < 1.29 is 33.7 Å². The van der Waals surface area contributed by atoms with Crippen molar-refractivity contribution in [2.75, 3.05) is 13.2 Å². The Balaban J connectivity index is 1.23. The zero-order valence-corrected chi connectivity index (χ0v) is 20.3. The highest BCUT2D eigenvalue weighted by molar-refractivity contribution is 7.60. The average molecular weight is 530 g/mol. The number of hydrogen-bond acceptors (Lipinski definition) is 7. The summed E-state index contributed by atoms with van der Waals surface area (Å²) in [6.45, 7) is 0.505. The molecule has 0 bridgehead atoms. The van der Waals surface area contributed by atoms with E-state index in [0.717, 1.165) is 16.7 Å². The van der Waals surface area contributed by atoms with Crippen LogP contribution in [0.1, 0.15) is 0 Å². The first-order chi connectivity index (χ1) is 17.3. The monoisotopic (exact) mass is 529 g/mol. The van der Waals surface area contributed by atoms with Crippen LogP contribution in [-0.4, -0.2) is 67.5 Å². The summed E-state index contributed by atoms with van der Waals surface area (Å²) in [5.74, 6) is 0. The number of H-pyrrole nitrogens is 1. The molecule has 2 aromatic heterocycles. The highest BCUT2D eigenvalue weighted by Crippen LogP contribution is 2.35. The van der Waals surface area contributed by atoms with Crippen molar-refractivity contribution in [1.82, 2.24) is 15.0 Å². The molecule has 4 heterocycles. The van der Waals surface area contributed by atoms with E-state index in [0.29, 0.717) is 21.9 Å². The number of fused-ring (bicyclic) bond motifs is 2. The lowest BCUT2D eigenvalue weighted by atomic mass is 10.0. The fourth-order valence-electron chi connectivity index (χ4n) is 4.51. The lowest BCUT2D eigenvalue weighted by Crippen LogP contribution is -2.34. The molecule has 4 N–H and O–H groups in total. The van der Waals surface area contributed by atoms with Gasteiger partial charge in [-0.25, -0.2) is 4.98 Å². The Labute approximate surface area is 210 Å². The molecule has 4 atom stereocenters. The number of ether oxygens (including phenoxy) is 3. The first kappa shape index (κ1) is 23.6. The van der Waals surface area contributed by atoms with E-state index in [1.54, 1.807) is 18.2 Å². The molecule has 10 nitrogen and oxygen atoms in total. The Kier molecular flexibility index (Phi) is 5.85. The van der Waals surface area contributed by atoms with Gasteiger partial charge >= 0.3 is 7.60 Å². The number of nitrogens with zero attached hydrogens (tertiary/aromatic N) is 2. The van der Waals surface area contributed by atoms with E-state index < -0.39 is 25.9 Å². The number of benzene rings is 2. The van der Waals surface area contributed by atoms with E-state index in [2.05, 4.69) is 15.0 Å². The van der Waals surface area contributed by atoms with Gasteiger partial charge in [-0.3, -0.25) is 4.57 Å². The summed E-state index contributed by atoms with van der Waals surface area (Å²) >= 11 is 6.53. The first-order valence-corrected chi connectivity index (χ1v) is 13.2. The molecule has 2 aliphatic rings. The molecule has 2 aromatic carbocycles. The number of pyridine rings is 1. The predicted molar refractivity (Wildman–Crippen MR) is 131 cm³/mol. The van der Waals surface area contributed by atoms with Crippen LogP contribution in [0.4, 0.5) is 0 Å². The van der Waals surface area contributed by atoms with Crippen molar-refractivity contribution in [2.45, 2.75) is 24.4 Å². The van der Waals surface area contributed by atoms with Gasteiger partial charge in [-0.2, -0.15) is 4.98 Å². The van der Waals surface area contributed by atoms with Gasteiger partial charge in [0.2, 0.25) is 0 Å². The van der Waals surface area contributed by atoms with Gasteiger partial charge in [0.05, 0.1) is 34.8 Å². The Morgan fingerprint density at radius 3 is 2.28 bits per heavy atom. The number of nitrogens with one attached hydrogen (secondary N) is 1. The maximum Gasteiger partial charge on any atom is 0.356 e. The van der Waals surface area contributed by atoms with Gasteiger partial charge < -0.3 is 34.1 Å². The van der Waals surface area contributed by atoms with Crippen molar-refractivity contribution in [3.8, 4) is 28.4 Å². The summed E-state index contributed by atoms with van der Waals surface area (Å²) in [7, 11) is -4.28. The molecule has 0 aliphatic carbocycles. The topological polar surface area (TPSA) is 147 Å². The molecule has 12 heteroatoms. The quantitative estimate of drug-likeness (QED) is 0.286. The van der Waals surface area contributed by atoms with Gasteiger partial charge in [0, 0.05) is 5.56 Å². The highest BCUT2D eigenvalue weighted by Gasteiger charge is 2.48. The van der Waals surface area contributed by atoms with Crippen LogP contribution in [0.25, 0.3) is 33.5 Å². The van der Waals surface area contributed by atoms with E-state index >= 15 is 0 Å². The molecule has 1 unspecified atom stereocenters. The number of aliphatic hydroxyl groups is 1. The van der Waals surface area contributed by atoms with Crippen LogP contribution in [0.5, 0.6) is 6.01 Å². The molecule has 2 aliphatic heterocycles. The second-order valence-electron chi connectivity index (χ2n) is 8.72. The van der Waals surface area contributed by atoms with Gasteiger partial charge in [-0.05, 0) is 29.3 Å². The Morgan fingerprint density at radius 1 is 0.944 bits per heavy atom. The third kappa shape index (κ3) is 4.31. The number of halogens is 1. The summed E-state index contributed by atoms with van der Waals surface area (Å²) in [6.07, 6.45) is -1.81. The fraction of sp³-hybridized carbons (Fsp3) is 0.250. The van der Waals surface area contributed by atoms with Crippen LogP contribution in [0.15, 0.2) is 54.6 Å². The lowest BCUT2D eigenvalue weighted by Gasteiger charge is -2.15. The molecule has 4 aromatic rings. The normalized spacial score (nSPS) is 23.8. The molecular formula is C24H21ClN3O7P. The Bertz CT molecular complexity index is 1470. The Morgan fingerprint density at radius 2 is 1.58 bits per heavy atom. The lowest BCUT2D eigenvalue weighted by molar-refractivity contribution is 0.00706. The summed E-state index contributed by atoms with van der Waals surface area (Å²) in [5, 5.41) is 10.3. The minimum absolute atomic E-state index is 0.0249. The number of aromatic nitrogens is 3. The van der Waals surface area contributed by atoms with Crippen LogP contribution in [0.3, 0.4) is 0 Å².